The standard InChI is InChI=1S/C9H12Br2N2O2/c1-6(2)15-4-3-13-9(14)8(11)7(10)5-12-13/h5-6H,3-4H2,1-2H3. The molecular weight excluding hydrogens is 328 g/mol. The number of rotatable bonds is 4. The summed E-state index contributed by atoms with van der Waals surface area (Å²) in [6.07, 6.45) is 1.75. The molecule has 15 heavy (non-hydrogen) atoms. The second-order valence-electron chi connectivity index (χ2n) is 3.25. The van der Waals surface area contributed by atoms with E-state index in [0.717, 1.165) is 0 Å². The largest absolute Gasteiger partial charge is 0.377 e. The van der Waals surface area contributed by atoms with Crippen molar-refractivity contribution < 1.29 is 4.74 Å². The molecule has 0 aliphatic carbocycles. The molecule has 0 N–H and O–H groups in total. The van der Waals surface area contributed by atoms with Crippen molar-refractivity contribution >= 4 is 31.9 Å². The van der Waals surface area contributed by atoms with E-state index in [0.29, 0.717) is 22.1 Å². The van der Waals surface area contributed by atoms with E-state index in [2.05, 4.69) is 37.0 Å². The molecule has 0 fully saturated rings. The molecule has 0 aliphatic rings. The van der Waals surface area contributed by atoms with Gasteiger partial charge in [-0.15, -0.1) is 0 Å². The number of halogens is 2. The highest BCUT2D eigenvalue weighted by molar-refractivity contribution is 9.13. The first kappa shape index (κ1) is 12.9. The quantitative estimate of drug-likeness (QED) is 0.844. The Kier molecular flexibility index (Phi) is 4.95. The van der Waals surface area contributed by atoms with Crippen LogP contribution in [0.15, 0.2) is 19.9 Å². The summed E-state index contributed by atoms with van der Waals surface area (Å²) in [7, 11) is 0. The van der Waals surface area contributed by atoms with Crippen molar-refractivity contribution in [3.8, 4) is 0 Å². The lowest BCUT2D eigenvalue weighted by Crippen LogP contribution is -2.26. The third-order valence-corrected chi connectivity index (χ3v) is 3.60. The number of ether oxygens (including phenoxy) is 1. The zero-order valence-corrected chi connectivity index (χ0v) is 11.7. The van der Waals surface area contributed by atoms with Gasteiger partial charge >= 0.3 is 0 Å². The zero-order chi connectivity index (χ0) is 11.4. The fourth-order valence-corrected chi connectivity index (χ4v) is 1.55. The Morgan fingerprint density at radius 1 is 1.53 bits per heavy atom. The highest BCUT2D eigenvalue weighted by Gasteiger charge is 2.06. The van der Waals surface area contributed by atoms with E-state index in [-0.39, 0.29) is 11.7 Å². The first-order valence-electron chi connectivity index (χ1n) is 4.55. The van der Waals surface area contributed by atoms with Crippen molar-refractivity contribution in [1.82, 2.24) is 9.78 Å². The summed E-state index contributed by atoms with van der Waals surface area (Å²) < 4.78 is 7.87. The Bertz CT molecular complexity index is 390. The van der Waals surface area contributed by atoms with Gasteiger partial charge in [0.2, 0.25) is 0 Å². The Morgan fingerprint density at radius 2 is 2.20 bits per heavy atom. The van der Waals surface area contributed by atoms with E-state index in [4.69, 9.17) is 4.74 Å². The van der Waals surface area contributed by atoms with Gasteiger partial charge in [0, 0.05) is 0 Å². The summed E-state index contributed by atoms with van der Waals surface area (Å²) in [5.41, 5.74) is -0.156. The molecule has 1 aromatic heterocycles. The van der Waals surface area contributed by atoms with E-state index >= 15 is 0 Å². The number of aromatic nitrogens is 2. The Morgan fingerprint density at radius 3 is 2.80 bits per heavy atom. The third-order valence-electron chi connectivity index (χ3n) is 1.70. The van der Waals surface area contributed by atoms with Gasteiger partial charge in [-0.1, -0.05) is 0 Å². The second kappa shape index (κ2) is 5.77. The highest BCUT2D eigenvalue weighted by Crippen LogP contribution is 2.16. The molecule has 0 atom stereocenters. The van der Waals surface area contributed by atoms with E-state index < -0.39 is 0 Å². The molecule has 0 unspecified atom stereocenters. The van der Waals surface area contributed by atoms with Crippen molar-refractivity contribution in [3.05, 3.63) is 25.5 Å². The van der Waals surface area contributed by atoms with Gasteiger partial charge in [0.25, 0.3) is 5.56 Å². The first-order chi connectivity index (χ1) is 7.02. The minimum atomic E-state index is -0.156. The molecule has 0 amide bonds. The second-order valence-corrected chi connectivity index (χ2v) is 4.90. The van der Waals surface area contributed by atoms with Crippen LogP contribution >= 0.6 is 31.9 Å². The Hall–Kier alpha value is -0.200. The van der Waals surface area contributed by atoms with Gasteiger partial charge in [0.1, 0.15) is 4.47 Å². The summed E-state index contributed by atoms with van der Waals surface area (Å²) in [4.78, 5) is 11.6. The molecule has 0 spiro atoms. The van der Waals surface area contributed by atoms with Crippen molar-refractivity contribution in [2.75, 3.05) is 6.61 Å². The van der Waals surface area contributed by atoms with Crippen LogP contribution in [0.25, 0.3) is 0 Å². The predicted octanol–water partition coefficient (Wildman–Crippen LogP) is 2.19. The zero-order valence-electron chi connectivity index (χ0n) is 8.54. The van der Waals surface area contributed by atoms with Crippen LogP contribution in [0.1, 0.15) is 13.8 Å². The van der Waals surface area contributed by atoms with Crippen LogP contribution in [0.2, 0.25) is 0 Å². The maximum atomic E-state index is 11.6. The monoisotopic (exact) mass is 338 g/mol. The summed E-state index contributed by atoms with van der Waals surface area (Å²) in [5.74, 6) is 0. The molecule has 1 rings (SSSR count). The molecule has 0 bridgehead atoms. The van der Waals surface area contributed by atoms with Gasteiger partial charge in [-0.05, 0) is 45.7 Å². The van der Waals surface area contributed by atoms with Crippen LogP contribution in [0.4, 0.5) is 0 Å². The fourth-order valence-electron chi connectivity index (χ4n) is 0.979. The van der Waals surface area contributed by atoms with Crippen molar-refractivity contribution in [1.29, 1.82) is 0 Å². The topological polar surface area (TPSA) is 44.1 Å². The molecule has 6 heteroatoms. The first-order valence-corrected chi connectivity index (χ1v) is 6.13. The van der Waals surface area contributed by atoms with Crippen LogP contribution in [0.5, 0.6) is 0 Å². The lowest BCUT2D eigenvalue weighted by atomic mass is 10.5. The number of hydrogen-bond donors (Lipinski definition) is 0. The molecule has 4 nitrogen and oxygen atoms in total. The summed E-state index contributed by atoms with van der Waals surface area (Å²) in [6.45, 7) is 4.85. The maximum Gasteiger partial charge on any atom is 0.282 e. The average molecular weight is 340 g/mol. The van der Waals surface area contributed by atoms with Crippen LogP contribution in [-0.2, 0) is 11.3 Å². The minimum absolute atomic E-state index is 0.156. The molecule has 1 aromatic rings. The van der Waals surface area contributed by atoms with Gasteiger partial charge in [0.15, 0.2) is 0 Å². The molecule has 0 saturated heterocycles. The Labute approximate surface area is 105 Å². The van der Waals surface area contributed by atoms with E-state index in [1.165, 1.54) is 4.68 Å². The van der Waals surface area contributed by atoms with Crippen molar-refractivity contribution in [2.45, 2.75) is 26.5 Å². The summed E-state index contributed by atoms with van der Waals surface area (Å²) >= 11 is 6.41. The Balaban J connectivity index is 2.71. The third kappa shape index (κ3) is 3.70. The van der Waals surface area contributed by atoms with Crippen LogP contribution in [-0.4, -0.2) is 22.5 Å². The number of nitrogens with zero attached hydrogens (tertiary/aromatic N) is 2. The molecule has 84 valence electrons. The van der Waals surface area contributed by atoms with Gasteiger partial charge in [-0.3, -0.25) is 4.79 Å². The minimum Gasteiger partial charge on any atom is -0.377 e. The molecular formula is C9H12Br2N2O2. The molecule has 0 aromatic carbocycles. The summed E-state index contributed by atoms with van der Waals surface area (Å²) in [6, 6.07) is 0. The van der Waals surface area contributed by atoms with Crippen LogP contribution in [0, 0.1) is 0 Å². The van der Waals surface area contributed by atoms with E-state index in [1.807, 2.05) is 13.8 Å². The van der Waals surface area contributed by atoms with Crippen molar-refractivity contribution in [2.24, 2.45) is 0 Å². The van der Waals surface area contributed by atoms with Gasteiger partial charge in [0.05, 0.1) is 29.9 Å². The van der Waals surface area contributed by atoms with Crippen molar-refractivity contribution in [3.63, 3.8) is 0 Å². The van der Waals surface area contributed by atoms with Gasteiger partial charge in [-0.2, -0.15) is 5.10 Å². The SMILES string of the molecule is CC(C)OCCn1ncc(Br)c(Br)c1=O. The average Bonchev–Trinajstić information content (AvgIpc) is 2.18. The van der Waals surface area contributed by atoms with Gasteiger partial charge in [-0.25, -0.2) is 4.68 Å². The number of hydrogen-bond acceptors (Lipinski definition) is 3. The lowest BCUT2D eigenvalue weighted by Gasteiger charge is -2.08. The van der Waals surface area contributed by atoms with Crippen LogP contribution in [0.3, 0.4) is 0 Å². The maximum absolute atomic E-state index is 11.6. The van der Waals surface area contributed by atoms with E-state index in [9.17, 15) is 4.79 Å². The van der Waals surface area contributed by atoms with E-state index in [1.54, 1.807) is 6.20 Å². The normalized spacial score (nSPS) is 11.0. The molecule has 0 saturated carbocycles. The van der Waals surface area contributed by atoms with Crippen LogP contribution < -0.4 is 5.56 Å². The summed E-state index contributed by atoms with van der Waals surface area (Å²) in [5, 5.41) is 3.98. The lowest BCUT2D eigenvalue weighted by molar-refractivity contribution is 0.0701. The molecule has 0 aliphatic heterocycles. The highest BCUT2D eigenvalue weighted by atomic mass is 79.9. The van der Waals surface area contributed by atoms with Gasteiger partial charge < -0.3 is 4.74 Å². The predicted molar refractivity (Wildman–Crippen MR) is 65.0 cm³/mol. The molecule has 1 heterocycles. The smallest absolute Gasteiger partial charge is 0.282 e. The molecule has 0 radical (unpaired) electrons. The fraction of sp³-hybridized carbons (Fsp3) is 0.556.